The third kappa shape index (κ3) is 4.52. The summed E-state index contributed by atoms with van der Waals surface area (Å²) >= 11 is 0. The second-order valence-corrected chi connectivity index (χ2v) is 9.30. The molecule has 0 spiro atoms. The number of hydrogen-bond acceptors (Lipinski definition) is 5. The molecule has 4 N–H and O–H groups in total. The Balaban J connectivity index is 1.62. The Labute approximate surface area is 200 Å². The van der Waals surface area contributed by atoms with Crippen molar-refractivity contribution >= 4 is 34.2 Å². The van der Waals surface area contributed by atoms with E-state index in [-0.39, 0.29) is 17.7 Å². The standard InChI is InChI=1S/C26H35N5O3/c1-4-26-15-14-22(24(33)29-20-12-7-10-18-9-5-6-11-19(18)20)31(26)25(34)21(13-8-16-28-26)30-23(32)17(2)27-3/h5-7,9-12,17,21-22,27-28H,4,8,13-16H2,1-3H3,(H,29,33)(H,30,32)/t17-,21-,22?,26?/m0/s1. The molecule has 0 bridgehead atoms. The summed E-state index contributed by atoms with van der Waals surface area (Å²) in [5.41, 5.74) is 0.146. The van der Waals surface area contributed by atoms with Crippen LogP contribution < -0.4 is 21.3 Å². The van der Waals surface area contributed by atoms with Crippen LogP contribution >= 0.6 is 0 Å². The topological polar surface area (TPSA) is 103 Å². The molecule has 0 saturated carbocycles. The van der Waals surface area contributed by atoms with Crippen LogP contribution in [0.1, 0.15) is 46.0 Å². The molecule has 3 amide bonds. The molecule has 182 valence electrons. The minimum absolute atomic E-state index is 0.193. The molecule has 2 aromatic carbocycles. The molecular weight excluding hydrogens is 430 g/mol. The Morgan fingerprint density at radius 2 is 1.94 bits per heavy atom. The lowest BCUT2D eigenvalue weighted by molar-refractivity contribution is -0.148. The van der Waals surface area contributed by atoms with Crippen molar-refractivity contribution in [3.63, 3.8) is 0 Å². The van der Waals surface area contributed by atoms with E-state index in [4.69, 9.17) is 0 Å². The molecule has 2 heterocycles. The Hall–Kier alpha value is -2.97. The fourth-order valence-corrected chi connectivity index (χ4v) is 5.21. The highest BCUT2D eigenvalue weighted by atomic mass is 16.2. The lowest BCUT2D eigenvalue weighted by Crippen LogP contribution is -2.66. The number of carbonyl (C=O) groups excluding carboxylic acids is 3. The molecule has 34 heavy (non-hydrogen) atoms. The Bertz CT molecular complexity index is 1070. The number of hydrogen-bond donors (Lipinski definition) is 4. The van der Waals surface area contributed by atoms with Gasteiger partial charge in [-0.05, 0) is 64.1 Å². The molecular formula is C26H35N5O3. The maximum atomic E-state index is 13.8. The second-order valence-electron chi connectivity index (χ2n) is 9.30. The van der Waals surface area contributed by atoms with Crippen LogP contribution in [0.4, 0.5) is 5.69 Å². The predicted octanol–water partition coefficient (Wildman–Crippen LogP) is 2.35. The second kappa shape index (κ2) is 10.1. The molecule has 0 aliphatic carbocycles. The number of anilines is 1. The van der Waals surface area contributed by atoms with E-state index >= 15 is 0 Å². The van der Waals surface area contributed by atoms with Crippen molar-refractivity contribution in [2.45, 2.75) is 69.7 Å². The molecule has 8 heteroatoms. The number of carbonyl (C=O) groups is 3. The van der Waals surface area contributed by atoms with Gasteiger partial charge in [0.15, 0.2) is 0 Å². The molecule has 2 aliphatic rings. The van der Waals surface area contributed by atoms with Gasteiger partial charge < -0.3 is 20.9 Å². The van der Waals surface area contributed by atoms with E-state index in [9.17, 15) is 14.4 Å². The largest absolute Gasteiger partial charge is 0.343 e. The lowest BCUT2D eigenvalue weighted by Gasteiger charge is -2.44. The normalized spacial score (nSPS) is 25.9. The smallest absolute Gasteiger partial charge is 0.247 e. The van der Waals surface area contributed by atoms with Crippen molar-refractivity contribution in [3.8, 4) is 0 Å². The molecule has 2 unspecified atom stereocenters. The van der Waals surface area contributed by atoms with Gasteiger partial charge in [0.25, 0.3) is 0 Å². The van der Waals surface area contributed by atoms with E-state index in [1.54, 1.807) is 18.9 Å². The molecule has 8 nitrogen and oxygen atoms in total. The fourth-order valence-electron chi connectivity index (χ4n) is 5.21. The van der Waals surface area contributed by atoms with E-state index < -0.39 is 23.8 Å². The third-order valence-corrected chi connectivity index (χ3v) is 7.34. The lowest BCUT2D eigenvalue weighted by atomic mass is 9.99. The molecule has 2 fully saturated rings. The highest BCUT2D eigenvalue weighted by molar-refractivity contribution is 6.05. The average Bonchev–Trinajstić information content (AvgIpc) is 3.23. The summed E-state index contributed by atoms with van der Waals surface area (Å²) in [6.45, 7) is 4.52. The Morgan fingerprint density at radius 3 is 2.71 bits per heavy atom. The number of rotatable bonds is 6. The summed E-state index contributed by atoms with van der Waals surface area (Å²) in [5.74, 6) is -0.607. The zero-order valence-electron chi connectivity index (χ0n) is 20.2. The van der Waals surface area contributed by atoms with Gasteiger partial charge in [0.05, 0.1) is 11.7 Å². The van der Waals surface area contributed by atoms with Gasteiger partial charge in [-0.2, -0.15) is 0 Å². The summed E-state index contributed by atoms with van der Waals surface area (Å²) in [5, 5.41) is 14.5. The van der Waals surface area contributed by atoms with Crippen LogP contribution in [0.25, 0.3) is 10.8 Å². The van der Waals surface area contributed by atoms with Crippen molar-refractivity contribution in [1.82, 2.24) is 20.9 Å². The summed E-state index contributed by atoms with van der Waals surface area (Å²) in [6, 6.07) is 12.0. The van der Waals surface area contributed by atoms with Crippen molar-refractivity contribution in [2.24, 2.45) is 0 Å². The van der Waals surface area contributed by atoms with Crippen molar-refractivity contribution in [2.75, 3.05) is 18.9 Å². The SMILES string of the molecule is CCC12CCC(C(=O)Nc3cccc4ccccc34)N1C(=O)[C@@H](NC(=O)[C@H](C)NC)CCCN2. The molecule has 4 rings (SSSR count). The maximum Gasteiger partial charge on any atom is 0.247 e. The average molecular weight is 466 g/mol. The van der Waals surface area contributed by atoms with Gasteiger partial charge in [0.1, 0.15) is 12.1 Å². The minimum Gasteiger partial charge on any atom is -0.343 e. The quantitative estimate of drug-likeness (QED) is 0.525. The number of nitrogens with one attached hydrogen (secondary N) is 4. The fraction of sp³-hybridized carbons (Fsp3) is 0.500. The third-order valence-electron chi connectivity index (χ3n) is 7.34. The number of likely N-dealkylation sites (N-methyl/N-ethyl adjacent to an activating group) is 1. The molecule has 2 aliphatic heterocycles. The maximum absolute atomic E-state index is 13.8. The van der Waals surface area contributed by atoms with Crippen molar-refractivity contribution < 1.29 is 14.4 Å². The number of nitrogens with zero attached hydrogens (tertiary/aromatic N) is 1. The van der Waals surface area contributed by atoms with Crippen LogP contribution in [0, 0.1) is 0 Å². The molecule has 4 atom stereocenters. The van der Waals surface area contributed by atoms with Crippen LogP contribution in [-0.4, -0.2) is 60.0 Å². The summed E-state index contributed by atoms with van der Waals surface area (Å²) in [6.07, 6.45) is 3.24. The van der Waals surface area contributed by atoms with Gasteiger partial charge in [-0.25, -0.2) is 0 Å². The van der Waals surface area contributed by atoms with Gasteiger partial charge in [-0.3, -0.25) is 19.7 Å². The molecule has 2 aromatic rings. The number of amides is 3. The first-order valence-electron chi connectivity index (χ1n) is 12.2. The first kappa shape index (κ1) is 24.2. The number of benzene rings is 2. The van der Waals surface area contributed by atoms with Crippen LogP contribution in [-0.2, 0) is 14.4 Å². The van der Waals surface area contributed by atoms with Gasteiger partial charge in [0, 0.05) is 11.1 Å². The van der Waals surface area contributed by atoms with Gasteiger partial charge >= 0.3 is 0 Å². The Kier molecular flexibility index (Phi) is 7.19. The van der Waals surface area contributed by atoms with E-state index in [0.29, 0.717) is 25.7 Å². The minimum atomic E-state index is -0.651. The highest BCUT2D eigenvalue weighted by Crippen LogP contribution is 2.37. The molecule has 0 aromatic heterocycles. The van der Waals surface area contributed by atoms with Gasteiger partial charge in [0.2, 0.25) is 17.7 Å². The van der Waals surface area contributed by atoms with Crippen LogP contribution in [0.5, 0.6) is 0 Å². The van der Waals surface area contributed by atoms with E-state index in [0.717, 1.165) is 29.4 Å². The van der Waals surface area contributed by atoms with Gasteiger partial charge in [-0.15, -0.1) is 0 Å². The Morgan fingerprint density at radius 1 is 1.18 bits per heavy atom. The molecule has 2 saturated heterocycles. The van der Waals surface area contributed by atoms with Gasteiger partial charge in [-0.1, -0.05) is 43.3 Å². The van der Waals surface area contributed by atoms with Crippen LogP contribution in [0.2, 0.25) is 0 Å². The first-order chi connectivity index (χ1) is 16.4. The monoisotopic (exact) mass is 465 g/mol. The first-order valence-corrected chi connectivity index (χ1v) is 12.2. The zero-order valence-corrected chi connectivity index (χ0v) is 20.2. The summed E-state index contributed by atoms with van der Waals surface area (Å²) < 4.78 is 0. The van der Waals surface area contributed by atoms with Crippen LogP contribution in [0.15, 0.2) is 42.5 Å². The number of fused-ring (bicyclic) bond motifs is 2. The van der Waals surface area contributed by atoms with Crippen LogP contribution in [0.3, 0.4) is 0 Å². The predicted molar refractivity (Wildman–Crippen MR) is 133 cm³/mol. The summed E-state index contributed by atoms with van der Waals surface area (Å²) in [7, 11) is 1.71. The van der Waals surface area contributed by atoms with E-state index in [2.05, 4.69) is 21.3 Å². The highest BCUT2D eigenvalue weighted by Gasteiger charge is 2.52. The van der Waals surface area contributed by atoms with E-state index in [1.165, 1.54) is 0 Å². The van der Waals surface area contributed by atoms with Crippen molar-refractivity contribution in [1.29, 1.82) is 0 Å². The summed E-state index contributed by atoms with van der Waals surface area (Å²) in [4.78, 5) is 41.7. The van der Waals surface area contributed by atoms with E-state index in [1.807, 2.05) is 49.4 Å². The van der Waals surface area contributed by atoms with Crippen molar-refractivity contribution in [3.05, 3.63) is 42.5 Å². The molecule has 0 radical (unpaired) electrons. The zero-order chi connectivity index (χ0) is 24.3.